The Balaban J connectivity index is 2.17. The van der Waals surface area contributed by atoms with Gasteiger partial charge in [0.15, 0.2) is 5.76 Å². The number of benzene rings is 1. The average molecular weight is 314 g/mol. The van der Waals surface area contributed by atoms with Gasteiger partial charge in [0.1, 0.15) is 0 Å². The van der Waals surface area contributed by atoms with E-state index in [0.29, 0.717) is 4.68 Å². The van der Waals surface area contributed by atoms with Gasteiger partial charge in [0, 0.05) is 0 Å². The number of nitrogens with one attached hydrogen (secondary N) is 2. The zero-order valence-corrected chi connectivity index (χ0v) is 11.5. The number of hydrogen-bond acceptors (Lipinski definition) is 6. The highest BCUT2D eigenvalue weighted by Gasteiger charge is 2.20. The molecule has 23 heavy (non-hydrogen) atoms. The van der Waals surface area contributed by atoms with Gasteiger partial charge in [-0.2, -0.15) is 4.68 Å². The van der Waals surface area contributed by atoms with Crippen LogP contribution in [0.1, 0.15) is 21.2 Å². The van der Waals surface area contributed by atoms with Crippen molar-refractivity contribution in [2.45, 2.75) is 0 Å². The Bertz CT molecular complexity index is 945. The molecule has 2 aromatic heterocycles. The molecule has 9 heteroatoms. The quantitative estimate of drug-likeness (QED) is 0.477. The zero-order chi connectivity index (χ0) is 16.4. The first-order valence-corrected chi connectivity index (χ1v) is 6.43. The number of carbonyl (C=O) groups excluding carboxylic acids is 2. The molecule has 0 fully saturated rings. The largest absolute Gasteiger partial charge is 0.459 e. The first-order valence-electron chi connectivity index (χ1n) is 6.43. The van der Waals surface area contributed by atoms with Crippen molar-refractivity contribution in [3.63, 3.8) is 0 Å². The van der Waals surface area contributed by atoms with Crippen molar-refractivity contribution in [2.24, 2.45) is 0 Å². The third kappa shape index (κ3) is 2.56. The first kappa shape index (κ1) is 14.5. The fourth-order valence-corrected chi connectivity index (χ4v) is 2.00. The van der Waals surface area contributed by atoms with Crippen LogP contribution in [0.5, 0.6) is 0 Å². The van der Waals surface area contributed by atoms with Crippen molar-refractivity contribution in [1.29, 1.82) is 0 Å². The number of fused-ring (bicyclic) bond motifs is 1. The molecule has 3 aromatic rings. The summed E-state index contributed by atoms with van der Waals surface area (Å²) in [4.78, 5) is 40.3. The standard InChI is InChI=1S/C14H10N4O5/c19-12(10-6-3-7-23-10)16-18-11(13(20)17-22)15-9-5-2-1-4-8(9)14(18)21/h1-7,22H,(H,16,19)(H,17,20). The number of amides is 2. The second-order valence-electron chi connectivity index (χ2n) is 4.45. The Morgan fingerprint density at radius 1 is 1.13 bits per heavy atom. The molecule has 1 aromatic carbocycles. The molecule has 2 amide bonds. The lowest BCUT2D eigenvalue weighted by molar-refractivity contribution is 0.0689. The smallest absolute Gasteiger partial charge is 0.312 e. The molecule has 0 aliphatic rings. The van der Waals surface area contributed by atoms with Gasteiger partial charge < -0.3 is 4.42 Å². The molecule has 0 aliphatic carbocycles. The number of hydroxylamine groups is 1. The molecule has 0 aliphatic heterocycles. The summed E-state index contributed by atoms with van der Waals surface area (Å²) < 4.78 is 5.58. The van der Waals surface area contributed by atoms with E-state index in [1.807, 2.05) is 0 Å². The highest BCUT2D eigenvalue weighted by molar-refractivity contribution is 5.99. The number of aromatic nitrogens is 2. The van der Waals surface area contributed by atoms with E-state index in [1.54, 1.807) is 12.1 Å². The van der Waals surface area contributed by atoms with Crippen molar-refractivity contribution >= 4 is 22.7 Å². The van der Waals surface area contributed by atoms with Crippen LogP contribution in [0.15, 0.2) is 51.9 Å². The Morgan fingerprint density at radius 3 is 2.61 bits per heavy atom. The van der Waals surface area contributed by atoms with Crippen LogP contribution >= 0.6 is 0 Å². The van der Waals surface area contributed by atoms with Crippen LogP contribution in [0.2, 0.25) is 0 Å². The summed E-state index contributed by atoms with van der Waals surface area (Å²) in [5, 5.41) is 9.00. The van der Waals surface area contributed by atoms with E-state index < -0.39 is 23.2 Å². The third-order valence-corrected chi connectivity index (χ3v) is 3.04. The lowest BCUT2D eigenvalue weighted by Crippen LogP contribution is -2.40. The maximum atomic E-state index is 12.5. The number of rotatable bonds is 3. The normalized spacial score (nSPS) is 10.5. The molecule has 0 saturated heterocycles. The van der Waals surface area contributed by atoms with E-state index in [4.69, 9.17) is 9.62 Å². The molecule has 9 nitrogen and oxygen atoms in total. The second kappa shape index (κ2) is 5.73. The van der Waals surface area contributed by atoms with E-state index in [9.17, 15) is 14.4 Å². The minimum Gasteiger partial charge on any atom is -0.459 e. The summed E-state index contributed by atoms with van der Waals surface area (Å²) in [7, 11) is 0. The van der Waals surface area contributed by atoms with Crippen molar-refractivity contribution in [3.05, 3.63) is 64.6 Å². The fraction of sp³-hybridized carbons (Fsp3) is 0. The van der Waals surface area contributed by atoms with Gasteiger partial charge in [-0.15, -0.1) is 0 Å². The minimum absolute atomic E-state index is 0.0552. The first-order chi connectivity index (χ1) is 11.1. The monoisotopic (exact) mass is 314 g/mol. The third-order valence-electron chi connectivity index (χ3n) is 3.04. The molecule has 0 spiro atoms. The summed E-state index contributed by atoms with van der Waals surface area (Å²) in [6.45, 7) is 0. The maximum absolute atomic E-state index is 12.5. The summed E-state index contributed by atoms with van der Waals surface area (Å²) in [5.74, 6) is -2.33. The Labute approximate surface area is 128 Å². The highest BCUT2D eigenvalue weighted by atomic mass is 16.5. The van der Waals surface area contributed by atoms with Crippen molar-refractivity contribution in [1.82, 2.24) is 15.1 Å². The van der Waals surface area contributed by atoms with Crippen molar-refractivity contribution in [3.8, 4) is 0 Å². The van der Waals surface area contributed by atoms with E-state index in [-0.39, 0.29) is 16.7 Å². The van der Waals surface area contributed by atoms with E-state index in [1.165, 1.54) is 36.0 Å². The Kier molecular flexibility index (Phi) is 3.61. The zero-order valence-electron chi connectivity index (χ0n) is 11.5. The predicted molar refractivity (Wildman–Crippen MR) is 77.7 cm³/mol. The molecule has 0 radical (unpaired) electrons. The van der Waals surface area contributed by atoms with Gasteiger partial charge in [-0.3, -0.25) is 25.0 Å². The van der Waals surface area contributed by atoms with Crippen LogP contribution in [0, 0.1) is 0 Å². The summed E-state index contributed by atoms with van der Waals surface area (Å²) >= 11 is 0. The van der Waals surface area contributed by atoms with Crippen LogP contribution < -0.4 is 16.5 Å². The summed E-state index contributed by atoms with van der Waals surface area (Å²) in [6, 6.07) is 9.18. The van der Waals surface area contributed by atoms with E-state index >= 15 is 0 Å². The number of furan rings is 1. The van der Waals surface area contributed by atoms with Gasteiger partial charge in [-0.1, -0.05) is 12.1 Å². The maximum Gasteiger partial charge on any atom is 0.312 e. The van der Waals surface area contributed by atoms with Gasteiger partial charge >= 0.3 is 11.8 Å². The molecule has 3 rings (SSSR count). The van der Waals surface area contributed by atoms with Crippen LogP contribution in [0.3, 0.4) is 0 Å². The number of para-hydroxylation sites is 1. The number of nitrogens with zero attached hydrogens (tertiary/aromatic N) is 2. The molecule has 0 saturated carbocycles. The highest BCUT2D eigenvalue weighted by Crippen LogP contribution is 2.08. The molecule has 3 N–H and O–H groups in total. The van der Waals surface area contributed by atoms with Gasteiger partial charge in [-0.25, -0.2) is 10.5 Å². The fourth-order valence-electron chi connectivity index (χ4n) is 2.00. The summed E-state index contributed by atoms with van der Waals surface area (Å²) in [6.07, 6.45) is 1.29. The molecule has 0 bridgehead atoms. The Hall–Kier alpha value is -3.46. The lowest BCUT2D eigenvalue weighted by Gasteiger charge is -2.12. The lowest BCUT2D eigenvalue weighted by atomic mass is 10.2. The molecule has 116 valence electrons. The topological polar surface area (TPSA) is 126 Å². The molecule has 0 unspecified atom stereocenters. The van der Waals surface area contributed by atoms with Gasteiger partial charge in [0.05, 0.1) is 17.2 Å². The van der Waals surface area contributed by atoms with Gasteiger partial charge in [0.2, 0.25) is 5.82 Å². The van der Waals surface area contributed by atoms with Gasteiger partial charge in [-0.05, 0) is 24.3 Å². The minimum atomic E-state index is -1.05. The van der Waals surface area contributed by atoms with Crippen LogP contribution in [-0.2, 0) is 0 Å². The van der Waals surface area contributed by atoms with Crippen LogP contribution in [0.4, 0.5) is 0 Å². The predicted octanol–water partition coefficient (Wildman–Crippen LogP) is 0.492. The van der Waals surface area contributed by atoms with Crippen LogP contribution in [0.25, 0.3) is 10.9 Å². The molecule has 2 heterocycles. The molecular formula is C14H10N4O5. The van der Waals surface area contributed by atoms with Crippen molar-refractivity contribution in [2.75, 3.05) is 5.43 Å². The van der Waals surface area contributed by atoms with Gasteiger partial charge in [0.25, 0.3) is 5.56 Å². The molecule has 0 atom stereocenters. The SMILES string of the molecule is O=C(Nn1c(C(=O)NO)nc2ccccc2c1=O)c1ccco1. The van der Waals surface area contributed by atoms with E-state index in [2.05, 4.69) is 10.4 Å². The second-order valence-corrected chi connectivity index (χ2v) is 4.45. The molecular weight excluding hydrogens is 304 g/mol. The Morgan fingerprint density at radius 2 is 1.91 bits per heavy atom. The number of hydrogen-bond donors (Lipinski definition) is 3. The van der Waals surface area contributed by atoms with Crippen molar-refractivity contribution < 1.29 is 19.2 Å². The summed E-state index contributed by atoms with van der Waals surface area (Å²) in [5.41, 5.74) is 3.19. The average Bonchev–Trinajstić information content (AvgIpc) is 3.11. The van der Waals surface area contributed by atoms with E-state index in [0.717, 1.165) is 0 Å². The van der Waals surface area contributed by atoms with Crippen LogP contribution in [-0.4, -0.2) is 26.7 Å². The number of carbonyl (C=O) groups is 2.